The Bertz CT molecular complexity index is 1400. The van der Waals surface area contributed by atoms with Crippen LogP contribution in [0.2, 0.25) is 0 Å². The molecule has 0 bridgehead atoms. The zero-order valence-electron chi connectivity index (χ0n) is 53.6. The summed E-state index contributed by atoms with van der Waals surface area (Å²) in [5.74, 6) is -0.504. The molecule has 0 spiro atoms. The largest absolute Gasteiger partial charge is 0.472 e. The Kier molecular flexibility index (Phi) is 58.5. The molecule has 0 aliphatic carbocycles. The van der Waals surface area contributed by atoms with Crippen molar-refractivity contribution in [2.45, 2.75) is 367 Å². The van der Waals surface area contributed by atoms with Crippen molar-refractivity contribution < 1.29 is 37.3 Å². The van der Waals surface area contributed by atoms with E-state index in [0.29, 0.717) is 17.4 Å². The van der Waals surface area contributed by atoms with Crippen molar-refractivity contribution in [2.24, 2.45) is 0 Å². The summed E-state index contributed by atoms with van der Waals surface area (Å²) in [6.07, 6.45) is 72.0. The quantitative estimate of drug-likeness (QED) is 0.0205. The molecule has 0 saturated heterocycles. The van der Waals surface area contributed by atoms with Crippen LogP contribution in [0.1, 0.15) is 355 Å². The molecular weight excluding hydrogens is 1000 g/mol. The highest BCUT2D eigenvalue weighted by atomic mass is 31.2. The van der Waals surface area contributed by atoms with Gasteiger partial charge in [0.05, 0.1) is 33.8 Å². The smallest absolute Gasteiger partial charge is 0.456 e. The second kappa shape index (κ2) is 59.6. The zero-order chi connectivity index (χ0) is 57.9. The highest BCUT2D eigenvalue weighted by Crippen LogP contribution is 2.43. The Morgan fingerprint density at radius 3 is 1.09 bits per heavy atom. The Hall–Kier alpha value is -1.51. The molecule has 468 valence electrons. The summed E-state index contributed by atoms with van der Waals surface area (Å²) in [4.78, 5) is 37.8. The summed E-state index contributed by atoms with van der Waals surface area (Å²) in [6, 6.07) is -0.849. The van der Waals surface area contributed by atoms with Crippen molar-refractivity contribution in [1.82, 2.24) is 5.32 Å². The average Bonchev–Trinajstić information content (AvgIpc) is 3.41. The van der Waals surface area contributed by atoms with Crippen LogP contribution < -0.4 is 5.32 Å². The van der Waals surface area contributed by atoms with E-state index in [4.69, 9.17) is 13.8 Å². The summed E-state index contributed by atoms with van der Waals surface area (Å²) in [5, 5.41) is 3.07. The Morgan fingerprint density at radius 1 is 0.430 bits per heavy atom. The molecular formula is C69H136N2O7P+. The van der Waals surface area contributed by atoms with Gasteiger partial charge in [0.25, 0.3) is 0 Å². The summed E-state index contributed by atoms with van der Waals surface area (Å²) >= 11 is 0. The van der Waals surface area contributed by atoms with Crippen LogP contribution in [0.15, 0.2) is 24.3 Å². The number of carbonyl (C=O) groups is 2. The first-order valence-corrected chi connectivity index (χ1v) is 36.2. The maximum atomic E-state index is 13.6. The minimum absolute atomic E-state index is 0.0418. The second-order valence-corrected chi connectivity index (χ2v) is 26.5. The van der Waals surface area contributed by atoms with Gasteiger partial charge in [-0.3, -0.25) is 18.6 Å². The number of phosphoric acid groups is 1. The van der Waals surface area contributed by atoms with Crippen LogP contribution in [0, 0.1) is 0 Å². The number of hydrogen-bond acceptors (Lipinski definition) is 6. The van der Waals surface area contributed by atoms with Crippen molar-refractivity contribution in [3.05, 3.63) is 24.3 Å². The van der Waals surface area contributed by atoms with E-state index in [-0.39, 0.29) is 31.5 Å². The molecule has 3 atom stereocenters. The summed E-state index contributed by atoms with van der Waals surface area (Å²) < 4.78 is 30.7. The molecule has 1 amide bonds. The first kappa shape index (κ1) is 77.5. The predicted molar refractivity (Wildman–Crippen MR) is 342 cm³/mol. The van der Waals surface area contributed by atoms with Gasteiger partial charge in [-0.25, -0.2) is 4.57 Å². The van der Waals surface area contributed by atoms with E-state index in [1.54, 1.807) is 0 Å². The average molecular weight is 1140 g/mol. The van der Waals surface area contributed by atoms with Gasteiger partial charge >= 0.3 is 13.8 Å². The molecule has 0 heterocycles. The minimum atomic E-state index is -4.45. The highest BCUT2D eigenvalue weighted by Gasteiger charge is 2.30. The lowest BCUT2D eigenvalue weighted by atomic mass is 10.0. The number of unbranched alkanes of at least 4 members (excludes halogenated alkanes) is 46. The van der Waals surface area contributed by atoms with Gasteiger partial charge in [0, 0.05) is 12.8 Å². The van der Waals surface area contributed by atoms with Crippen molar-refractivity contribution in [3.8, 4) is 0 Å². The number of rotatable bonds is 64. The lowest BCUT2D eigenvalue weighted by molar-refractivity contribution is -0.870. The molecule has 0 aromatic rings. The van der Waals surface area contributed by atoms with E-state index in [1.807, 2.05) is 33.3 Å². The van der Waals surface area contributed by atoms with Crippen molar-refractivity contribution in [2.75, 3.05) is 40.9 Å². The van der Waals surface area contributed by atoms with Gasteiger partial charge < -0.3 is 19.4 Å². The van der Waals surface area contributed by atoms with Gasteiger partial charge in [-0.1, -0.05) is 309 Å². The van der Waals surface area contributed by atoms with E-state index < -0.39 is 20.0 Å². The number of nitrogens with one attached hydrogen (secondary N) is 1. The first-order valence-electron chi connectivity index (χ1n) is 34.7. The fourth-order valence-corrected chi connectivity index (χ4v) is 11.3. The topological polar surface area (TPSA) is 111 Å². The van der Waals surface area contributed by atoms with E-state index in [0.717, 1.165) is 70.6 Å². The number of quaternary nitrogens is 1. The van der Waals surface area contributed by atoms with Gasteiger partial charge in [-0.15, -0.1) is 0 Å². The Balaban J connectivity index is 4.96. The summed E-state index contributed by atoms with van der Waals surface area (Å²) in [7, 11) is 1.51. The molecule has 0 radical (unpaired) electrons. The molecule has 79 heavy (non-hydrogen) atoms. The molecule has 0 aliphatic rings. The van der Waals surface area contributed by atoms with Crippen LogP contribution in [0.4, 0.5) is 0 Å². The highest BCUT2D eigenvalue weighted by molar-refractivity contribution is 7.47. The number of allylic oxidation sites excluding steroid dienone is 3. The third kappa shape index (κ3) is 60.9. The molecule has 2 N–H and O–H groups in total. The number of esters is 1. The number of amides is 1. The third-order valence-corrected chi connectivity index (χ3v) is 16.9. The van der Waals surface area contributed by atoms with Gasteiger partial charge in [0.1, 0.15) is 19.3 Å². The number of ether oxygens (including phenoxy) is 1. The first-order chi connectivity index (χ1) is 38.4. The fraction of sp³-hybridized carbons (Fsp3) is 0.913. The van der Waals surface area contributed by atoms with Crippen LogP contribution in [0.5, 0.6) is 0 Å². The van der Waals surface area contributed by atoms with Crippen LogP contribution in [-0.4, -0.2) is 74.3 Å². The molecule has 3 unspecified atom stereocenters. The van der Waals surface area contributed by atoms with Gasteiger partial charge in [-0.2, -0.15) is 0 Å². The number of phosphoric ester groups is 1. The monoisotopic (exact) mass is 1140 g/mol. The van der Waals surface area contributed by atoms with E-state index in [1.165, 1.54) is 250 Å². The van der Waals surface area contributed by atoms with Crippen LogP contribution in [0.3, 0.4) is 0 Å². The molecule has 9 nitrogen and oxygen atoms in total. The molecule has 0 aliphatic heterocycles. The third-order valence-electron chi connectivity index (χ3n) is 15.9. The van der Waals surface area contributed by atoms with Crippen LogP contribution in [0.25, 0.3) is 0 Å². The van der Waals surface area contributed by atoms with Crippen LogP contribution in [-0.2, 0) is 27.9 Å². The Labute approximate surface area is 492 Å². The standard InChI is InChI=1S/C69H135N2O7P/c1-7-10-13-16-19-22-25-28-30-31-32-33-34-35-36-37-38-39-40-41-42-43-46-49-52-55-58-61-68(72)70-66(65-77-79(74,75)76-64-63-71(4,5)6)67(60-57-54-51-48-45-27-24-21-18-15-12-9-3)78-69(73)62-59-56-53-50-47-44-29-26-23-20-17-14-11-8-2/h44,47,57,60,66-67H,7-43,45-46,48-56,58-59,61-65H2,1-6H3,(H-,70,72,74,75)/p+1/b47-44-,60-57-. The van der Waals surface area contributed by atoms with Gasteiger partial charge in [0.2, 0.25) is 5.91 Å². The Morgan fingerprint density at radius 2 is 0.734 bits per heavy atom. The maximum absolute atomic E-state index is 13.6. The molecule has 0 saturated carbocycles. The maximum Gasteiger partial charge on any atom is 0.472 e. The van der Waals surface area contributed by atoms with Crippen molar-refractivity contribution >= 4 is 19.7 Å². The van der Waals surface area contributed by atoms with Crippen LogP contribution >= 0.6 is 7.82 Å². The second-order valence-electron chi connectivity index (χ2n) is 25.1. The number of carbonyl (C=O) groups excluding carboxylic acids is 2. The summed E-state index contributed by atoms with van der Waals surface area (Å²) in [6.45, 7) is 7.05. The normalized spacial score (nSPS) is 13.7. The number of hydrogen-bond donors (Lipinski definition) is 2. The van der Waals surface area contributed by atoms with Crippen molar-refractivity contribution in [3.63, 3.8) is 0 Å². The SMILES string of the molecule is CCCCCCCCC/C=C\CCCCCC(=O)OC(/C=C\CCCCCCCCCCCC)C(COP(=O)(O)OCC[N+](C)(C)C)NC(=O)CCCCCCCCCCCCCCCCCCCCCCCCCCCCC. The lowest BCUT2D eigenvalue weighted by Gasteiger charge is -2.27. The van der Waals surface area contributed by atoms with E-state index in [2.05, 4.69) is 38.2 Å². The van der Waals surface area contributed by atoms with E-state index >= 15 is 0 Å². The summed E-state index contributed by atoms with van der Waals surface area (Å²) in [5.41, 5.74) is 0. The lowest BCUT2D eigenvalue weighted by Crippen LogP contribution is -2.47. The number of likely N-dealkylation sites (N-methyl/N-ethyl adjacent to an activating group) is 1. The van der Waals surface area contributed by atoms with Gasteiger partial charge in [-0.05, 0) is 57.4 Å². The minimum Gasteiger partial charge on any atom is -0.456 e. The molecule has 10 heteroatoms. The fourth-order valence-electron chi connectivity index (χ4n) is 10.5. The predicted octanol–water partition coefficient (Wildman–Crippen LogP) is 21.7. The number of nitrogens with zero attached hydrogens (tertiary/aromatic N) is 1. The molecule has 0 aromatic carbocycles. The zero-order valence-corrected chi connectivity index (χ0v) is 54.5. The molecule has 0 rings (SSSR count). The van der Waals surface area contributed by atoms with Crippen molar-refractivity contribution in [1.29, 1.82) is 0 Å². The molecule has 0 fully saturated rings. The van der Waals surface area contributed by atoms with Gasteiger partial charge in [0.15, 0.2) is 0 Å². The molecule has 0 aromatic heterocycles. The van der Waals surface area contributed by atoms with E-state index in [9.17, 15) is 19.0 Å².